The average Bonchev–Trinajstić information content (AvgIpc) is 2.31. The molecule has 1 heterocycles. The van der Waals surface area contributed by atoms with E-state index in [0.717, 1.165) is 35.2 Å². The summed E-state index contributed by atoms with van der Waals surface area (Å²) in [5.41, 5.74) is 1.01. The first-order valence-corrected chi connectivity index (χ1v) is 6.77. The number of halogens is 2. The molecule has 94 valence electrons. The maximum Gasteiger partial charge on any atom is 0.0465 e. The molecule has 0 aliphatic carbocycles. The smallest absolute Gasteiger partial charge is 0.0465 e. The molecule has 0 amide bonds. The standard InChI is InChI=1S/C13H18Cl2N2/c1-17-7-5-10(6-8-17)16-9-11-12(14)3-2-4-13(11)15/h2-4,10,16H,5-9H2,1H3. The van der Waals surface area contributed by atoms with E-state index in [4.69, 9.17) is 23.2 Å². The summed E-state index contributed by atoms with van der Waals surface area (Å²) in [6, 6.07) is 6.24. The zero-order valence-electron chi connectivity index (χ0n) is 10.0. The molecule has 1 N–H and O–H groups in total. The lowest BCUT2D eigenvalue weighted by atomic mass is 10.1. The van der Waals surface area contributed by atoms with E-state index >= 15 is 0 Å². The molecular weight excluding hydrogens is 255 g/mol. The number of piperidine rings is 1. The number of nitrogens with zero attached hydrogens (tertiary/aromatic N) is 1. The van der Waals surface area contributed by atoms with Gasteiger partial charge in [-0.15, -0.1) is 0 Å². The van der Waals surface area contributed by atoms with Gasteiger partial charge in [0.05, 0.1) is 0 Å². The Hall–Kier alpha value is -0.280. The Labute approximate surface area is 113 Å². The molecule has 0 bridgehead atoms. The summed E-state index contributed by atoms with van der Waals surface area (Å²) in [4.78, 5) is 2.36. The minimum absolute atomic E-state index is 0.582. The molecule has 0 spiro atoms. The van der Waals surface area contributed by atoms with Crippen LogP contribution in [0.2, 0.25) is 10.0 Å². The zero-order chi connectivity index (χ0) is 12.3. The Morgan fingerprint density at radius 2 is 1.82 bits per heavy atom. The summed E-state index contributed by atoms with van der Waals surface area (Å²) in [5, 5.41) is 5.04. The monoisotopic (exact) mass is 272 g/mol. The number of rotatable bonds is 3. The molecule has 2 nitrogen and oxygen atoms in total. The highest BCUT2D eigenvalue weighted by Crippen LogP contribution is 2.24. The molecule has 1 aliphatic heterocycles. The summed E-state index contributed by atoms with van der Waals surface area (Å²) < 4.78 is 0. The van der Waals surface area contributed by atoms with Gasteiger partial charge in [-0.1, -0.05) is 29.3 Å². The topological polar surface area (TPSA) is 15.3 Å². The van der Waals surface area contributed by atoms with Gasteiger partial charge < -0.3 is 10.2 Å². The summed E-state index contributed by atoms with van der Waals surface area (Å²) in [6.45, 7) is 3.08. The Balaban J connectivity index is 1.89. The van der Waals surface area contributed by atoms with Crippen molar-refractivity contribution in [2.24, 2.45) is 0 Å². The first kappa shape index (κ1) is 13.2. The van der Waals surface area contributed by atoms with E-state index in [1.54, 1.807) is 0 Å². The molecule has 1 aromatic carbocycles. The van der Waals surface area contributed by atoms with Crippen LogP contribution in [0.4, 0.5) is 0 Å². The van der Waals surface area contributed by atoms with Crippen LogP contribution < -0.4 is 5.32 Å². The lowest BCUT2D eigenvalue weighted by Gasteiger charge is -2.29. The van der Waals surface area contributed by atoms with Gasteiger partial charge in [-0.3, -0.25) is 0 Å². The van der Waals surface area contributed by atoms with Crippen molar-refractivity contribution in [2.45, 2.75) is 25.4 Å². The fraction of sp³-hybridized carbons (Fsp3) is 0.538. The van der Waals surface area contributed by atoms with Crippen LogP contribution in [0.5, 0.6) is 0 Å². The molecule has 1 aliphatic rings. The van der Waals surface area contributed by atoms with Gasteiger partial charge in [-0.25, -0.2) is 0 Å². The van der Waals surface area contributed by atoms with Crippen molar-refractivity contribution in [3.8, 4) is 0 Å². The first-order valence-electron chi connectivity index (χ1n) is 6.01. The van der Waals surface area contributed by atoms with Crippen LogP contribution in [-0.2, 0) is 6.54 Å². The summed E-state index contributed by atoms with van der Waals surface area (Å²) in [5.74, 6) is 0. The van der Waals surface area contributed by atoms with E-state index < -0.39 is 0 Å². The fourth-order valence-corrected chi connectivity index (χ4v) is 2.69. The van der Waals surface area contributed by atoms with Gasteiger partial charge in [-0.2, -0.15) is 0 Å². The second-order valence-electron chi connectivity index (χ2n) is 4.66. The third-order valence-electron chi connectivity index (χ3n) is 3.35. The molecule has 1 aromatic rings. The zero-order valence-corrected chi connectivity index (χ0v) is 11.6. The second kappa shape index (κ2) is 6.05. The largest absolute Gasteiger partial charge is 0.310 e. The highest BCUT2D eigenvalue weighted by Gasteiger charge is 2.16. The van der Waals surface area contributed by atoms with Crippen LogP contribution in [0.1, 0.15) is 18.4 Å². The molecule has 0 saturated carbocycles. The van der Waals surface area contributed by atoms with E-state index in [1.165, 1.54) is 12.8 Å². The number of likely N-dealkylation sites (tertiary alicyclic amines) is 1. The van der Waals surface area contributed by atoms with Gasteiger partial charge in [0.25, 0.3) is 0 Å². The maximum atomic E-state index is 6.14. The van der Waals surface area contributed by atoms with Crippen LogP contribution in [-0.4, -0.2) is 31.1 Å². The lowest BCUT2D eigenvalue weighted by molar-refractivity contribution is 0.234. The molecule has 0 unspecified atom stereocenters. The minimum atomic E-state index is 0.582. The molecule has 0 aromatic heterocycles. The molecular formula is C13H18Cl2N2. The summed E-state index contributed by atoms with van der Waals surface area (Å²) >= 11 is 12.3. The number of benzene rings is 1. The van der Waals surface area contributed by atoms with Gasteiger partial charge in [0.1, 0.15) is 0 Å². The van der Waals surface area contributed by atoms with E-state index in [0.29, 0.717) is 6.04 Å². The molecule has 2 rings (SSSR count). The highest BCUT2D eigenvalue weighted by atomic mass is 35.5. The van der Waals surface area contributed by atoms with Crippen LogP contribution in [0.3, 0.4) is 0 Å². The molecule has 17 heavy (non-hydrogen) atoms. The van der Waals surface area contributed by atoms with Gasteiger partial charge in [0.15, 0.2) is 0 Å². The van der Waals surface area contributed by atoms with Crippen molar-refractivity contribution < 1.29 is 0 Å². The van der Waals surface area contributed by atoms with Gasteiger partial charge >= 0.3 is 0 Å². The number of hydrogen-bond acceptors (Lipinski definition) is 2. The third-order valence-corrected chi connectivity index (χ3v) is 4.06. The molecule has 0 atom stereocenters. The predicted octanol–water partition coefficient (Wildman–Crippen LogP) is 3.18. The quantitative estimate of drug-likeness (QED) is 0.910. The van der Waals surface area contributed by atoms with Crippen molar-refractivity contribution in [3.05, 3.63) is 33.8 Å². The van der Waals surface area contributed by atoms with Crippen LogP contribution in [0.25, 0.3) is 0 Å². The SMILES string of the molecule is CN1CCC(NCc2c(Cl)cccc2Cl)CC1. The minimum Gasteiger partial charge on any atom is -0.310 e. The van der Waals surface area contributed by atoms with Gasteiger partial charge in [0, 0.05) is 28.2 Å². The number of nitrogens with one attached hydrogen (secondary N) is 1. The van der Waals surface area contributed by atoms with Crippen molar-refractivity contribution in [1.29, 1.82) is 0 Å². The van der Waals surface area contributed by atoms with Crippen molar-refractivity contribution >= 4 is 23.2 Å². The Bertz CT molecular complexity index is 353. The predicted molar refractivity (Wildman–Crippen MR) is 73.8 cm³/mol. The van der Waals surface area contributed by atoms with Crippen LogP contribution in [0, 0.1) is 0 Å². The second-order valence-corrected chi connectivity index (χ2v) is 5.47. The molecule has 1 saturated heterocycles. The van der Waals surface area contributed by atoms with E-state index in [-0.39, 0.29) is 0 Å². The van der Waals surface area contributed by atoms with E-state index in [9.17, 15) is 0 Å². The Kier molecular flexibility index (Phi) is 4.69. The Morgan fingerprint density at radius 3 is 2.41 bits per heavy atom. The fourth-order valence-electron chi connectivity index (χ4n) is 2.16. The van der Waals surface area contributed by atoms with Crippen molar-refractivity contribution in [3.63, 3.8) is 0 Å². The summed E-state index contributed by atoms with van der Waals surface area (Å²) in [6.07, 6.45) is 2.39. The van der Waals surface area contributed by atoms with Crippen LogP contribution >= 0.6 is 23.2 Å². The van der Waals surface area contributed by atoms with E-state index in [1.807, 2.05) is 18.2 Å². The van der Waals surface area contributed by atoms with Crippen molar-refractivity contribution in [2.75, 3.05) is 20.1 Å². The maximum absolute atomic E-state index is 6.14. The number of hydrogen-bond donors (Lipinski definition) is 1. The first-order chi connectivity index (χ1) is 8.16. The van der Waals surface area contributed by atoms with Crippen molar-refractivity contribution in [1.82, 2.24) is 10.2 Å². The normalized spacial score (nSPS) is 18.5. The average molecular weight is 273 g/mol. The molecule has 1 fully saturated rings. The lowest BCUT2D eigenvalue weighted by Crippen LogP contribution is -2.40. The molecule has 0 radical (unpaired) electrons. The van der Waals surface area contributed by atoms with E-state index in [2.05, 4.69) is 17.3 Å². The van der Waals surface area contributed by atoms with Gasteiger partial charge in [0.2, 0.25) is 0 Å². The third kappa shape index (κ3) is 3.59. The molecule has 4 heteroatoms. The van der Waals surface area contributed by atoms with Gasteiger partial charge in [-0.05, 0) is 45.1 Å². The van der Waals surface area contributed by atoms with Crippen LogP contribution in [0.15, 0.2) is 18.2 Å². The summed E-state index contributed by atoms with van der Waals surface area (Å²) in [7, 11) is 2.17. The highest BCUT2D eigenvalue weighted by molar-refractivity contribution is 6.35. The Morgan fingerprint density at radius 1 is 1.24 bits per heavy atom.